The van der Waals surface area contributed by atoms with Gasteiger partial charge in [-0.25, -0.2) is 4.39 Å². The van der Waals surface area contributed by atoms with E-state index in [1.165, 1.54) is 31.0 Å². The van der Waals surface area contributed by atoms with E-state index in [1.807, 2.05) is 0 Å². The van der Waals surface area contributed by atoms with Crippen molar-refractivity contribution >= 4 is 17.7 Å². The van der Waals surface area contributed by atoms with E-state index in [0.717, 1.165) is 0 Å². The van der Waals surface area contributed by atoms with Gasteiger partial charge in [-0.1, -0.05) is 6.07 Å². The Bertz CT molecular complexity index is 537. The van der Waals surface area contributed by atoms with Crippen molar-refractivity contribution in [1.29, 1.82) is 0 Å². The molecule has 17 heavy (non-hydrogen) atoms. The molecule has 0 bridgehead atoms. The number of hydrogen-bond donors (Lipinski definition) is 1. The number of nitrogens with zero attached hydrogens (tertiary/aromatic N) is 3. The molecule has 0 saturated carbocycles. The molecule has 2 aromatic rings. The first-order valence-electron chi connectivity index (χ1n) is 4.66. The number of methoxy groups -OCH3 is 1. The predicted molar refractivity (Wildman–Crippen MR) is 61.3 cm³/mol. The zero-order chi connectivity index (χ0) is 12.3. The van der Waals surface area contributed by atoms with Gasteiger partial charge in [-0.05, 0) is 30.0 Å². The van der Waals surface area contributed by atoms with Gasteiger partial charge in [0, 0.05) is 4.90 Å². The lowest BCUT2D eigenvalue weighted by molar-refractivity contribution is 0.374. The van der Waals surface area contributed by atoms with Crippen LogP contribution in [0.5, 0.6) is 6.01 Å². The number of aromatic nitrogens is 3. The van der Waals surface area contributed by atoms with E-state index in [9.17, 15) is 4.39 Å². The maximum Gasteiger partial charge on any atom is 0.321 e. The molecule has 5 nitrogen and oxygen atoms in total. The monoisotopic (exact) mass is 252 g/mol. The standard InChI is InChI=1S/C10H9FN4OS/c1-16-9-13-8(12)14-10(15-9)17-7-4-2-3-6(11)5-7/h2-5H,1H3,(H2,12,13,14,15). The highest BCUT2D eigenvalue weighted by Crippen LogP contribution is 2.26. The van der Waals surface area contributed by atoms with Gasteiger partial charge in [0.1, 0.15) is 5.82 Å². The highest BCUT2D eigenvalue weighted by molar-refractivity contribution is 7.99. The van der Waals surface area contributed by atoms with E-state index in [1.54, 1.807) is 12.1 Å². The lowest BCUT2D eigenvalue weighted by Gasteiger charge is -2.03. The third kappa shape index (κ3) is 3.04. The fourth-order valence-corrected chi connectivity index (χ4v) is 1.92. The van der Waals surface area contributed by atoms with Gasteiger partial charge < -0.3 is 10.5 Å². The van der Waals surface area contributed by atoms with Crippen LogP contribution in [0, 0.1) is 5.82 Å². The number of nitrogen functional groups attached to an aromatic ring is 1. The van der Waals surface area contributed by atoms with Crippen molar-refractivity contribution in [1.82, 2.24) is 15.0 Å². The fraction of sp³-hybridized carbons (Fsp3) is 0.100. The van der Waals surface area contributed by atoms with Crippen molar-refractivity contribution in [3.05, 3.63) is 30.1 Å². The molecule has 0 saturated heterocycles. The minimum absolute atomic E-state index is 0.0655. The second-order valence-electron chi connectivity index (χ2n) is 3.02. The Morgan fingerprint density at radius 1 is 1.29 bits per heavy atom. The molecule has 0 spiro atoms. The lowest BCUT2D eigenvalue weighted by atomic mass is 10.4. The van der Waals surface area contributed by atoms with E-state index >= 15 is 0 Å². The van der Waals surface area contributed by atoms with Gasteiger partial charge in [-0.2, -0.15) is 15.0 Å². The van der Waals surface area contributed by atoms with E-state index in [0.29, 0.717) is 10.1 Å². The number of benzene rings is 1. The molecule has 1 aromatic carbocycles. The number of halogens is 1. The van der Waals surface area contributed by atoms with Crippen molar-refractivity contribution in [2.45, 2.75) is 10.1 Å². The number of nitrogens with two attached hydrogens (primary N) is 1. The Hall–Kier alpha value is -1.89. The van der Waals surface area contributed by atoms with Crippen LogP contribution in [0.3, 0.4) is 0 Å². The summed E-state index contributed by atoms with van der Waals surface area (Å²) in [5, 5.41) is 0.361. The number of rotatable bonds is 3. The molecule has 0 atom stereocenters. The minimum atomic E-state index is -0.316. The van der Waals surface area contributed by atoms with Gasteiger partial charge in [0.05, 0.1) is 7.11 Å². The van der Waals surface area contributed by atoms with Crippen LogP contribution in [0.2, 0.25) is 0 Å². The SMILES string of the molecule is COc1nc(N)nc(Sc2cccc(F)c2)n1. The highest BCUT2D eigenvalue weighted by Gasteiger charge is 2.06. The average molecular weight is 252 g/mol. The van der Waals surface area contributed by atoms with E-state index < -0.39 is 0 Å². The summed E-state index contributed by atoms with van der Waals surface area (Å²) in [4.78, 5) is 12.4. The summed E-state index contributed by atoms with van der Waals surface area (Å²) in [7, 11) is 1.44. The second-order valence-corrected chi connectivity index (χ2v) is 4.06. The van der Waals surface area contributed by atoms with E-state index in [4.69, 9.17) is 10.5 Å². The molecule has 1 heterocycles. The van der Waals surface area contributed by atoms with Crippen molar-refractivity contribution in [3.63, 3.8) is 0 Å². The van der Waals surface area contributed by atoms with Crippen LogP contribution in [0.25, 0.3) is 0 Å². The Morgan fingerprint density at radius 3 is 2.82 bits per heavy atom. The Balaban J connectivity index is 2.26. The molecule has 0 fully saturated rings. The van der Waals surface area contributed by atoms with Crippen LogP contribution in [0.15, 0.2) is 34.3 Å². The summed E-state index contributed by atoms with van der Waals surface area (Å²) < 4.78 is 17.8. The third-order valence-electron chi connectivity index (χ3n) is 1.80. The van der Waals surface area contributed by atoms with Gasteiger partial charge in [0.2, 0.25) is 11.1 Å². The van der Waals surface area contributed by atoms with Crippen LogP contribution < -0.4 is 10.5 Å². The van der Waals surface area contributed by atoms with Gasteiger partial charge in [0.15, 0.2) is 0 Å². The molecule has 2 N–H and O–H groups in total. The Morgan fingerprint density at radius 2 is 2.12 bits per heavy atom. The summed E-state index contributed by atoms with van der Waals surface area (Å²) in [6.07, 6.45) is 0. The topological polar surface area (TPSA) is 73.9 Å². The molecule has 0 unspecified atom stereocenters. The van der Waals surface area contributed by atoms with Crippen LogP contribution in [0.1, 0.15) is 0 Å². The van der Waals surface area contributed by atoms with Crippen LogP contribution in [-0.4, -0.2) is 22.1 Å². The highest BCUT2D eigenvalue weighted by atomic mass is 32.2. The molecule has 7 heteroatoms. The second kappa shape index (κ2) is 4.96. The van der Waals surface area contributed by atoms with E-state index in [2.05, 4.69) is 15.0 Å². The molecule has 0 radical (unpaired) electrons. The molecular formula is C10H9FN4OS. The largest absolute Gasteiger partial charge is 0.467 e. The summed E-state index contributed by atoms with van der Waals surface area (Å²) in [5.74, 6) is -0.250. The quantitative estimate of drug-likeness (QED) is 0.897. The van der Waals surface area contributed by atoms with Crippen molar-refractivity contribution in [2.75, 3.05) is 12.8 Å². The minimum Gasteiger partial charge on any atom is -0.467 e. The number of hydrogen-bond acceptors (Lipinski definition) is 6. The predicted octanol–water partition coefficient (Wildman–Crippen LogP) is 1.75. The molecule has 0 aliphatic heterocycles. The molecule has 1 aromatic heterocycles. The first-order valence-corrected chi connectivity index (χ1v) is 5.48. The maximum absolute atomic E-state index is 13.0. The first-order chi connectivity index (χ1) is 8.17. The third-order valence-corrected chi connectivity index (χ3v) is 2.65. The summed E-state index contributed by atoms with van der Waals surface area (Å²) in [6.45, 7) is 0. The van der Waals surface area contributed by atoms with Crippen LogP contribution >= 0.6 is 11.8 Å². The molecular weight excluding hydrogens is 243 g/mol. The van der Waals surface area contributed by atoms with Crippen molar-refractivity contribution < 1.29 is 9.13 Å². The molecule has 0 aliphatic carbocycles. The van der Waals surface area contributed by atoms with Crippen molar-refractivity contribution in [3.8, 4) is 6.01 Å². The fourth-order valence-electron chi connectivity index (χ4n) is 1.13. The molecule has 0 amide bonds. The van der Waals surface area contributed by atoms with E-state index in [-0.39, 0.29) is 17.8 Å². The average Bonchev–Trinajstić information content (AvgIpc) is 2.28. The van der Waals surface area contributed by atoms with Gasteiger partial charge in [0.25, 0.3) is 0 Å². The molecule has 0 aliphatic rings. The normalized spacial score (nSPS) is 10.2. The summed E-state index contributed by atoms with van der Waals surface area (Å²) >= 11 is 1.18. The van der Waals surface area contributed by atoms with Gasteiger partial charge in [-0.15, -0.1) is 0 Å². The number of ether oxygens (including phenoxy) is 1. The lowest BCUT2D eigenvalue weighted by Crippen LogP contribution is -2.01. The zero-order valence-electron chi connectivity index (χ0n) is 8.92. The summed E-state index contributed by atoms with van der Waals surface area (Å²) in [5.41, 5.74) is 5.49. The Kier molecular flexibility index (Phi) is 3.38. The smallest absolute Gasteiger partial charge is 0.321 e. The van der Waals surface area contributed by atoms with Crippen LogP contribution in [0.4, 0.5) is 10.3 Å². The maximum atomic E-state index is 13.0. The summed E-state index contributed by atoms with van der Waals surface area (Å²) in [6, 6.07) is 6.25. The molecule has 2 rings (SSSR count). The van der Waals surface area contributed by atoms with Crippen LogP contribution in [-0.2, 0) is 0 Å². The van der Waals surface area contributed by atoms with Gasteiger partial charge in [-0.3, -0.25) is 0 Å². The zero-order valence-corrected chi connectivity index (χ0v) is 9.74. The molecule has 88 valence electrons. The van der Waals surface area contributed by atoms with Crippen molar-refractivity contribution in [2.24, 2.45) is 0 Å². The van der Waals surface area contributed by atoms with Gasteiger partial charge >= 0.3 is 6.01 Å². The number of anilines is 1. The Labute approximate surface area is 101 Å². The first kappa shape index (κ1) is 11.6.